The average Bonchev–Trinajstić information content (AvgIpc) is 2.36. The molecule has 0 aliphatic heterocycles. The van der Waals surface area contributed by atoms with Crippen LogP contribution in [0.1, 0.15) is 31.9 Å². The van der Waals surface area contributed by atoms with Crippen LogP contribution >= 0.6 is 0 Å². The summed E-state index contributed by atoms with van der Waals surface area (Å²) in [7, 11) is 1.41. The standard InChI is InChI=1S/C13H20FNO2/c1-4-13(2,8-15)12(16)9-5-6-11(17-3)10(14)7-9/h5-7,12,16H,4,8,15H2,1-3H3. The summed E-state index contributed by atoms with van der Waals surface area (Å²) in [5, 5.41) is 10.2. The van der Waals surface area contributed by atoms with Gasteiger partial charge in [-0.15, -0.1) is 0 Å². The van der Waals surface area contributed by atoms with Gasteiger partial charge in [-0.2, -0.15) is 0 Å². The SMILES string of the molecule is CCC(C)(CN)C(O)c1ccc(OC)c(F)c1. The van der Waals surface area contributed by atoms with E-state index in [1.165, 1.54) is 19.2 Å². The number of hydrogen-bond acceptors (Lipinski definition) is 3. The van der Waals surface area contributed by atoms with Gasteiger partial charge in [0, 0.05) is 12.0 Å². The van der Waals surface area contributed by atoms with Crippen molar-refractivity contribution in [2.45, 2.75) is 26.4 Å². The highest BCUT2D eigenvalue weighted by molar-refractivity contribution is 5.31. The van der Waals surface area contributed by atoms with Crippen LogP contribution in [0.3, 0.4) is 0 Å². The minimum Gasteiger partial charge on any atom is -0.494 e. The molecule has 0 saturated carbocycles. The molecule has 0 aliphatic carbocycles. The molecule has 2 atom stereocenters. The predicted octanol–water partition coefficient (Wildman–Crippen LogP) is 2.24. The first-order valence-electron chi connectivity index (χ1n) is 5.70. The summed E-state index contributed by atoms with van der Waals surface area (Å²) in [5.74, 6) is -0.300. The lowest BCUT2D eigenvalue weighted by Crippen LogP contribution is -2.33. The first-order valence-corrected chi connectivity index (χ1v) is 5.70. The van der Waals surface area contributed by atoms with E-state index in [9.17, 15) is 9.50 Å². The van der Waals surface area contributed by atoms with Gasteiger partial charge in [-0.3, -0.25) is 0 Å². The second-order valence-corrected chi connectivity index (χ2v) is 4.51. The summed E-state index contributed by atoms with van der Waals surface area (Å²) in [6.07, 6.45) is -0.0592. The predicted molar refractivity (Wildman–Crippen MR) is 65.4 cm³/mol. The van der Waals surface area contributed by atoms with E-state index in [1.807, 2.05) is 13.8 Å². The highest BCUT2D eigenvalue weighted by Gasteiger charge is 2.31. The second kappa shape index (κ2) is 5.47. The Bertz CT molecular complexity index is 378. The molecule has 0 aliphatic rings. The number of benzene rings is 1. The number of rotatable bonds is 5. The Hall–Kier alpha value is -1.13. The van der Waals surface area contributed by atoms with E-state index in [4.69, 9.17) is 10.5 Å². The summed E-state index contributed by atoms with van der Waals surface area (Å²) in [4.78, 5) is 0. The van der Waals surface area contributed by atoms with Gasteiger partial charge in [-0.25, -0.2) is 4.39 Å². The molecule has 96 valence electrons. The van der Waals surface area contributed by atoms with Crippen molar-refractivity contribution < 1.29 is 14.2 Å². The maximum absolute atomic E-state index is 13.5. The maximum Gasteiger partial charge on any atom is 0.165 e. The van der Waals surface area contributed by atoms with Gasteiger partial charge < -0.3 is 15.6 Å². The lowest BCUT2D eigenvalue weighted by atomic mass is 9.78. The van der Waals surface area contributed by atoms with Crippen LogP contribution in [0.5, 0.6) is 5.75 Å². The molecule has 0 fully saturated rings. The van der Waals surface area contributed by atoms with Crippen molar-refractivity contribution in [1.29, 1.82) is 0 Å². The number of methoxy groups -OCH3 is 1. The molecule has 0 saturated heterocycles. The molecule has 3 N–H and O–H groups in total. The van der Waals surface area contributed by atoms with Crippen LogP contribution in [0.15, 0.2) is 18.2 Å². The van der Waals surface area contributed by atoms with E-state index in [0.717, 1.165) is 6.42 Å². The Balaban J connectivity index is 3.04. The van der Waals surface area contributed by atoms with Crippen LogP contribution in [-0.4, -0.2) is 18.8 Å². The number of aliphatic hydroxyl groups excluding tert-OH is 1. The molecule has 0 bridgehead atoms. The third kappa shape index (κ3) is 2.76. The monoisotopic (exact) mass is 241 g/mol. The molecule has 0 spiro atoms. The van der Waals surface area contributed by atoms with E-state index >= 15 is 0 Å². The lowest BCUT2D eigenvalue weighted by molar-refractivity contribution is 0.0389. The molecule has 3 nitrogen and oxygen atoms in total. The molecular weight excluding hydrogens is 221 g/mol. The smallest absolute Gasteiger partial charge is 0.165 e. The topological polar surface area (TPSA) is 55.5 Å². The van der Waals surface area contributed by atoms with Crippen molar-refractivity contribution in [2.75, 3.05) is 13.7 Å². The number of hydrogen-bond donors (Lipinski definition) is 2. The van der Waals surface area contributed by atoms with Crippen molar-refractivity contribution in [1.82, 2.24) is 0 Å². The minimum absolute atomic E-state index is 0.173. The van der Waals surface area contributed by atoms with Gasteiger partial charge in [0.25, 0.3) is 0 Å². The Morgan fingerprint density at radius 3 is 2.59 bits per heavy atom. The van der Waals surface area contributed by atoms with Crippen molar-refractivity contribution in [3.05, 3.63) is 29.6 Å². The van der Waals surface area contributed by atoms with Gasteiger partial charge in [0.05, 0.1) is 13.2 Å². The molecule has 1 aromatic carbocycles. The second-order valence-electron chi connectivity index (χ2n) is 4.51. The molecule has 2 unspecified atom stereocenters. The molecule has 0 amide bonds. The largest absolute Gasteiger partial charge is 0.494 e. The molecule has 17 heavy (non-hydrogen) atoms. The first-order chi connectivity index (χ1) is 7.98. The number of nitrogens with two attached hydrogens (primary N) is 1. The van der Waals surface area contributed by atoms with E-state index in [2.05, 4.69) is 0 Å². The maximum atomic E-state index is 13.5. The molecule has 0 radical (unpaired) electrons. The molecule has 4 heteroatoms. The van der Waals surface area contributed by atoms with Crippen LogP contribution in [0, 0.1) is 11.2 Å². The van der Waals surface area contributed by atoms with Crippen molar-refractivity contribution >= 4 is 0 Å². The highest BCUT2D eigenvalue weighted by atomic mass is 19.1. The fourth-order valence-electron chi connectivity index (χ4n) is 1.70. The first kappa shape index (κ1) is 13.9. The third-order valence-electron chi connectivity index (χ3n) is 3.43. The molecule has 0 aromatic heterocycles. The zero-order valence-electron chi connectivity index (χ0n) is 10.5. The van der Waals surface area contributed by atoms with Gasteiger partial charge in [-0.05, 0) is 24.1 Å². The van der Waals surface area contributed by atoms with Crippen LogP contribution in [0.25, 0.3) is 0 Å². The van der Waals surface area contributed by atoms with Crippen LogP contribution in [-0.2, 0) is 0 Å². The Labute approximate surface area is 101 Å². The molecule has 1 rings (SSSR count). The summed E-state index contributed by atoms with van der Waals surface area (Å²) in [6, 6.07) is 4.48. The Morgan fingerprint density at radius 2 is 2.18 bits per heavy atom. The van der Waals surface area contributed by atoms with Crippen molar-refractivity contribution in [3.63, 3.8) is 0 Å². The lowest BCUT2D eigenvalue weighted by Gasteiger charge is -2.32. The summed E-state index contributed by atoms with van der Waals surface area (Å²) < 4.78 is 18.4. The average molecular weight is 241 g/mol. The van der Waals surface area contributed by atoms with Gasteiger partial charge in [-0.1, -0.05) is 19.9 Å². The van der Waals surface area contributed by atoms with Crippen molar-refractivity contribution in [2.24, 2.45) is 11.1 Å². The zero-order chi connectivity index (χ0) is 13.1. The van der Waals surface area contributed by atoms with Gasteiger partial charge in [0.2, 0.25) is 0 Å². The van der Waals surface area contributed by atoms with E-state index in [0.29, 0.717) is 12.1 Å². The Morgan fingerprint density at radius 1 is 1.53 bits per heavy atom. The molecule has 1 aromatic rings. The van der Waals surface area contributed by atoms with Crippen LogP contribution < -0.4 is 10.5 Å². The van der Waals surface area contributed by atoms with E-state index < -0.39 is 17.3 Å². The summed E-state index contributed by atoms with van der Waals surface area (Å²) in [6.45, 7) is 4.19. The number of ether oxygens (including phenoxy) is 1. The molecular formula is C13H20FNO2. The number of halogens is 1. The quantitative estimate of drug-likeness (QED) is 0.831. The third-order valence-corrected chi connectivity index (χ3v) is 3.43. The summed E-state index contributed by atoms with van der Waals surface area (Å²) in [5.41, 5.74) is 5.75. The molecule has 0 heterocycles. The number of aliphatic hydroxyl groups is 1. The van der Waals surface area contributed by atoms with Gasteiger partial charge in [0.1, 0.15) is 0 Å². The van der Waals surface area contributed by atoms with E-state index in [1.54, 1.807) is 6.07 Å². The van der Waals surface area contributed by atoms with Gasteiger partial charge in [0.15, 0.2) is 11.6 Å². The fraction of sp³-hybridized carbons (Fsp3) is 0.538. The van der Waals surface area contributed by atoms with Crippen LogP contribution in [0.4, 0.5) is 4.39 Å². The zero-order valence-corrected chi connectivity index (χ0v) is 10.5. The fourth-order valence-corrected chi connectivity index (χ4v) is 1.70. The minimum atomic E-state index is -0.780. The normalized spacial score (nSPS) is 16.4. The van der Waals surface area contributed by atoms with E-state index in [-0.39, 0.29) is 5.75 Å². The van der Waals surface area contributed by atoms with Crippen LogP contribution in [0.2, 0.25) is 0 Å². The van der Waals surface area contributed by atoms with Crippen molar-refractivity contribution in [3.8, 4) is 5.75 Å². The Kier molecular flexibility index (Phi) is 4.48. The van der Waals surface area contributed by atoms with Gasteiger partial charge >= 0.3 is 0 Å². The highest BCUT2D eigenvalue weighted by Crippen LogP contribution is 2.36. The summed E-state index contributed by atoms with van der Waals surface area (Å²) >= 11 is 0.